The molecule has 0 aliphatic carbocycles. The Morgan fingerprint density at radius 3 is 2.74 bits per heavy atom. The molecule has 0 saturated carbocycles. The Kier molecular flexibility index (Phi) is 4.83. The molecule has 0 aliphatic heterocycles. The third kappa shape index (κ3) is 3.49. The third-order valence-corrected chi connectivity index (χ3v) is 3.21. The quantitative estimate of drug-likeness (QED) is 0.635. The van der Waals surface area contributed by atoms with E-state index < -0.39 is 0 Å². The van der Waals surface area contributed by atoms with Crippen LogP contribution in [0, 0.1) is 0 Å². The van der Waals surface area contributed by atoms with Crippen molar-refractivity contribution in [2.45, 2.75) is 13.0 Å². The van der Waals surface area contributed by atoms with E-state index in [9.17, 15) is 0 Å². The topological polar surface area (TPSA) is 21.3 Å². The normalized spacial score (nSPS) is 12.3. The maximum Gasteiger partial charge on any atom is 0.127 e. The van der Waals surface area contributed by atoms with Gasteiger partial charge in [0, 0.05) is 28.9 Å². The number of hydrogen-bond acceptors (Lipinski definition) is 2. The van der Waals surface area contributed by atoms with Gasteiger partial charge in [0.1, 0.15) is 11.9 Å². The molecule has 2 aromatic carbocycles. The zero-order valence-electron chi connectivity index (χ0n) is 11.0. The summed E-state index contributed by atoms with van der Waals surface area (Å²) in [5.74, 6) is 0.868. The summed E-state index contributed by atoms with van der Waals surface area (Å²) >= 11 is 6.19. The van der Waals surface area contributed by atoms with Crippen molar-refractivity contribution in [1.82, 2.24) is 5.32 Å². The van der Waals surface area contributed by atoms with E-state index in [1.807, 2.05) is 49.4 Å². The highest BCUT2D eigenvalue weighted by atomic mass is 35.5. The van der Waals surface area contributed by atoms with E-state index >= 15 is 0 Å². The first-order valence-corrected chi connectivity index (χ1v) is 6.75. The molecule has 0 aromatic heterocycles. The first-order valence-electron chi connectivity index (χ1n) is 6.38. The Hall–Kier alpha value is -1.51. The predicted octanol–water partition coefficient (Wildman–Crippen LogP) is 4.04. The average Bonchev–Trinajstić information content (AvgIpc) is 2.43. The lowest BCUT2D eigenvalue weighted by Gasteiger charge is -2.17. The molecule has 2 rings (SSSR count). The first kappa shape index (κ1) is 13.9. The summed E-state index contributed by atoms with van der Waals surface area (Å²) in [6, 6.07) is 11.8. The number of benzene rings is 2. The van der Waals surface area contributed by atoms with Crippen LogP contribution in [0.5, 0.6) is 5.75 Å². The summed E-state index contributed by atoms with van der Waals surface area (Å²) in [5.41, 5.74) is 0. The zero-order valence-corrected chi connectivity index (χ0v) is 11.8. The highest BCUT2D eigenvalue weighted by Crippen LogP contribution is 2.31. The van der Waals surface area contributed by atoms with E-state index in [-0.39, 0.29) is 6.10 Å². The maximum absolute atomic E-state index is 6.19. The number of hydrogen-bond donors (Lipinski definition) is 1. The van der Waals surface area contributed by atoms with Gasteiger partial charge in [0.15, 0.2) is 0 Å². The number of nitrogens with one attached hydrogen (secondary N) is 1. The van der Waals surface area contributed by atoms with Gasteiger partial charge in [-0.1, -0.05) is 41.9 Å². The average molecular weight is 276 g/mol. The Balaban J connectivity index is 2.16. The molecule has 0 heterocycles. The van der Waals surface area contributed by atoms with Crippen molar-refractivity contribution in [2.75, 3.05) is 13.1 Å². The molecule has 2 nitrogen and oxygen atoms in total. The van der Waals surface area contributed by atoms with Crippen LogP contribution in [0.4, 0.5) is 0 Å². The van der Waals surface area contributed by atoms with E-state index in [1.54, 1.807) is 0 Å². The molecular weight excluding hydrogens is 258 g/mol. The largest absolute Gasteiger partial charge is 0.489 e. The van der Waals surface area contributed by atoms with Gasteiger partial charge < -0.3 is 10.1 Å². The molecule has 1 N–H and O–H groups in total. The summed E-state index contributed by atoms with van der Waals surface area (Å²) in [4.78, 5) is 0. The minimum Gasteiger partial charge on any atom is -0.489 e. The lowest BCUT2D eigenvalue weighted by molar-refractivity contribution is 0.222. The summed E-state index contributed by atoms with van der Waals surface area (Å²) in [7, 11) is 0. The van der Waals surface area contributed by atoms with E-state index in [1.165, 1.54) is 0 Å². The van der Waals surface area contributed by atoms with Crippen molar-refractivity contribution in [3.63, 3.8) is 0 Å². The highest BCUT2D eigenvalue weighted by molar-refractivity contribution is 6.35. The summed E-state index contributed by atoms with van der Waals surface area (Å²) < 4.78 is 5.97. The smallest absolute Gasteiger partial charge is 0.127 e. The van der Waals surface area contributed by atoms with Gasteiger partial charge in [0.2, 0.25) is 0 Å². The Morgan fingerprint density at radius 2 is 2.00 bits per heavy atom. The highest BCUT2D eigenvalue weighted by Gasteiger charge is 2.08. The van der Waals surface area contributed by atoms with Crippen LogP contribution in [-0.4, -0.2) is 19.2 Å². The number of halogens is 1. The van der Waals surface area contributed by atoms with Gasteiger partial charge in [0.25, 0.3) is 0 Å². The molecular formula is C16H18ClNO. The Morgan fingerprint density at radius 1 is 1.26 bits per heavy atom. The SMILES string of the molecule is C=CCNCC(C)Oc1ccc(Cl)c2ccccc12. The van der Waals surface area contributed by atoms with Gasteiger partial charge in [0.05, 0.1) is 0 Å². The monoisotopic (exact) mass is 275 g/mol. The van der Waals surface area contributed by atoms with Crippen LogP contribution in [0.25, 0.3) is 10.8 Å². The van der Waals surface area contributed by atoms with Crippen molar-refractivity contribution < 1.29 is 4.74 Å². The van der Waals surface area contributed by atoms with Crippen molar-refractivity contribution in [3.8, 4) is 5.75 Å². The fourth-order valence-corrected chi connectivity index (χ4v) is 2.21. The summed E-state index contributed by atoms with van der Waals surface area (Å²) in [6.45, 7) is 7.28. The van der Waals surface area contributed by atoms with Gasteiger partial charge in [-0.3, -0.25) is 0 Å². The standard InChI is InChI=1S/C16H18ClNO/c1-3-10-18-11-12(2)19-16-9-8-15(17)13-6-4-5-7-14(13)16/h3-9,12,18H,1,10-11H2,2H3. The second-order valence-electron chi connectivity index (χ2n) is 4.47. The van der Waals surface area contributed by atoms with E-state index in [0.717, 1.165) is 34.6 Å². The Bertz CT molecular complexity index is 568. The number of fused-ring (bicyclic) bond motifs is 1. The van der Waals surface area contributed by atoms with Gasteiger partial charge in [-0.05, 0) is 19.1 Å². The van der Waals surface area contributed by atoms with Crippen LogP contribution in [0.15, 0.2) is 49.1 Å². The molecule has 19 heavy (non-hydrogen) atoms. The molecule has 1 unspecified atom stereocenters. The fourth-order valence-electron chi connectivity index (χ4n) is 1.98. The molecule has 3 heteroatoms. The minimum atomic E-state index is 0.0875. The van der Waals surface area contributed by atoms with Gasteiger partial charge >= 0.3 is 0 Å². The van der Waals surface area contributed by atoms with Crippen molar-refractivity contribution in [3.05, 3.63) is 54.1 Å². The van der Waals surface area contributed by atoms with Crippen LogP contribution in [0.1, 0.15) is 6.92 Å². The van der Waals surface area contributed by atoms with Crippen LogP contribution < -0.4 is 10.1 Å². The van der Waals surface area contributed by atoms with Gasteiger partial charge in [-0.15, -0.1) is 6.58 Å². The molecule has 2 aromatic rings. The Labute approximate surface area is 119 Å². The molecule has 0 radical (unpaired) electrons. The molecule has 0 aliphatic rings. The fraction of sp³-hybridized carbons (Fsp3) is 0.250. The maximum atomic E-state index is 6.19. The summed E-state index contributed by atoms with van der Waals surface area (Å²) in [5, 5.41) is 6.06. The molecule has 0 saturated heterocycles. The molecule has 0 amide bonds. The van der Waals surface area contributed by atoms with Crippen molar-refractivity contribution >= 4 is 22.4 Å². The molecule has 100 valence electrons. The van der Waals surface area contributed by atoms with E-state index in [0.29, 0.717) is 0 Å². The predicted molar refractivity (Wildman–Crippen MR) is 82.1 cm³/mol. The van der Waals surface area contributed by atoms with Crippen LogP contribution in [0.3, 0.4) is 0 Å². The van der Waals surface area contributed by atoms with Crippen LogP contribution in [0.2, 0.25) is 5.02 Å². The minimum absolute atomic E-state index is 0.0875. The zero-order chi connectivity index (χ0) is 13.7. The van der Waals surface area contributed by atoms with Crippen LogP contribution in [-0.2, 0) is 0 Å². The number of ether oxygens (including phenoxy) is 1. The second kappa shape index (κ2) is 6.60. The molecule has 1 atom stereocenters. The third-order valence-electron chi connectivity index (χ3n) is 2.88. The molecule has 0 spiro atoms. The van der Waals surface area contributed by atoms with Crippen LogP contribution >= 0.6 is 11.6 Å². The van der Waals surface area contributed by atoms with Gasteiger partial charge in [-0.2, -0.15) is 0 Å². The van der Waals surface area contributed by atoms with E-state index in [4.69, 9.17) is 16.3 Å². The number of rotatable bonds is 6. The molecule has 0 bridgehead atoms. The van der Waals surface area contributed by atoms with Gasteiger partial charge in [-0.25, -0.2) is 0 Å². The molecule has 0 fully saturated rings. The van der Waals surface area contributed by atoms with Crippen molar-refractivity contribution in [1.29, 1.82) is 0 Å². The van der Waals surface area contributed by atoms with Crippen molar-refractivity contribution in [2.24, 2.45) is 0 Å². The lowest BCUT2D eigenvalue weighted by atomic mass is 10.1. The second-order valence-corrected chi connectivity index (χ2v) is 4.87. The lowest BCUT2D eigenvalue weighted by Crippen LogP contribution is -2.29. The summed E-state index contributed by atoms with van der Waals surface area (Å²) in [6.07, 6.45) is 1.93. The first-order chi connectivity index (χ1) is 9.22. The van der Waals surface area contributed by atoms with E-state index in [2.05, 4.69) is 11.9 Å².